The number of carbonyl (C=O) groups excluding carboxylic acids is 1. The van der Waals surface area contributed by atoms with Crippen LogP contribution in [0.1, 0.15) is 39.0 Å². The fourth-order valence-electron chi connectivity index (χ4n) is 2.51. The summed E-state index contributed by atoms with van der Waals surface area (Å²) in [5.74, 6) is 0.832. The SMILES string of the molecule is CC1(C2CCC2)CC(=O)N(CCCO)N1. The molecule has 1 heterocycles. The average molecular weight is 212 g/mol. The molecular weight excluding hydrogens is 192 g/mol. The number of aliphatic hydroxyl groups is 1. The summed E-state index contributed by atoms with van der Waals surface area (Å²) in [6.07, 6.45) is 5.05. The van der Waals surface area contributed by atoms with E-state index >= 15 is 0 Å². The van der Waals surface area contributed by atoms with Crippen molar-refractivity contribution in [3.8, 4) is 0 Å². The van der Waals surface area contributed by atoms with Crippen molar-refractivity contribution < 1.29 is 9.90 Å². The number of aliphatic hydroxyl groups excluding tert-OH is 1. The normalized spacial score (nSPS) is 32.1. The molecule has 0 spiro atoms. The van der Waals surface area contributed by atoms with Gasteiger partial charge in [0.05, 0.1) is 0 Å². The Morgan fingerprint density at radius 3 is 2.87 bits per heavy atom. The van der Waals surface area contributed by atoms with E-state index < -0.39 is 0 Å². The van der Waals surface area contributed by atoms with Crippen molar-refractivity contribution in [2.45, 2.75) is 44.6 Å². The van der Waals surface area contributed by atoms with E-state index in [9.17, 15) is 4.79 Å². The van der Waals surface area contributed by atoms with Crippen molar-refractivity contribution in [1.82, 2.24) is 10.4 Å². The largest absolute Gasteiger partial charge is 0.396 e. The molecule has 1 saturated heterocycles. The van der Waals surface area contributed by atoms with Crippen molar-refractivity contribution in [2.24, 2.45) is 5.92 Å². The van der Waals surface area contributed by atoms with E-state index in [1.54, 1.807) is 5.01 Å². The van der Waals surface area contributed by atoms with Crippen molar-refractivity contribution in [2.75, 3.05) is 13.2 Å². The lowest BCUT2D eigenvalue weighted by Crippen LogP contribution is -2.51. The fourth-order valence-corrected chi connectivity index (χ4v) is 2.51. The second-order valence-corrected chi connectivity index (χ2v) is 4.96. The molecule has 0 radical (unpaired) electrons. The number of hydrogen-bond donors (Lipinski definition) is 2. The minimum absolute atomic E-state index is 0.0230. The smallest absolute Gasteiger partial charge is 0.238 e. The molecule has 1 saturated carbocycles. The Balaban J connectivity index is 1.92. The molecule has 4 heteroatoms. The molecule has 1 aliphatic heterocycles. The lowest BCUT2D eigenvalue weighted by molar-refractivity contribution is -0.129. The van der Waals surface area contributed by atoms with E-state index in [-0.39, 0.29) is 18.1 Å². The molecular formula is C11H20N2O2. The molecule has 0 bridgehead atoms. The third-order valence-electron chi connectivity index (χ3n) is 3.76. The zero-order valence-corrected chi connectivity index (χ0v) is 9.33. The Morgan fingerprint density at radius 2 is 2.33 bits per heavy atom. The number of nitrogens with one attached hydrogen (secondary N) is 1. The first-order valence-electron chi connectivity index (χ1n) is 5.85. The van der Waals surface area contributed by atoms with Crippen LogP contribution in [0.2, 0.25) is 0 Å². The summed E-state index contributed by atoms with van der Waals surface area (Å²) in [7, 11) is 0. The molecule has 2 fully saturated rings. The van der Waals surface area contributed by atoms with Crippen LogP contribution in [0.15, 0.2) is 0 Å². The number of amides is 1. The van der Waals surface area contributed by atoms with Gasteiger partial charge < -0.3 is 5.11 Å². The average Bonchev–Trinajstić information content (AvgIpc) is 2.35. The Hall–Kier alpha value is -0.610. The van der Waals surface area contributed by atoms with E-state index in [1.807, 2.05) is 0 Å². The Labute approximate surface area is 90.6 Å². The topological polar surface area (TPSA) is 52.6 Å². The highest BCUT2D eigenvalue weighted by atomic mass is 16.3. The summed E-state index contributed by atoms with van der Waals surface area (Å²) in [6, 6.07) is 0. The first-order valence-corrected chi connectivity index (χ1v) is 5.85. The first kappa shape index (κ1) is 10.9. The number of hydrogen-bond acceptors (Lipinski definition) is 3. The summed E-state index contributed by atoms with van der Waals surface area (Å²) < 4.78 is 0. The van der Waals surface area contributed by atoms with Crippen LogP contribution in [0.5, 0.6) is 0 Å². The molecule has 2 N–H and O–H groups in total. The van der Waals surface area contributed by atoms with Gasteiger partial charge in [-0.1, -0.05) is 6.42 Å². The standard InChI is InChI=1S/C11H20N2O2/c1-11(9-4-2-5-9)8-10(15)13(12-11)6-3-7-14/h9,12,14H,2-8H2,1H3. The quantitative estimate of drug-likeness (QED) is 0.720. The minimum Gasteiger partial charge on any atom is -0.396 e. The van der Waals surface area contributed by atoms with Crippen LogP contribution >= 0.6 is 0 Å². The van der Waals surface area contributed by atoms with Gasteiger partial charge in [0.15, 0.2) is 0 Å². The third-order valence-corrected chi connectivity index (χ3v) is 3.76. The number of rotatable bonds is 4. The molecule has 2 rings (SSSR count). The Morgan fingerprint density at radius 1 is 1.60 bits per heavy atom. The molecule has 0 aromatic carbocycles. The monoisotopic (exact) mass is 212 g/mol. The number of hydrazine groups is 1. The Kier molecular flexibility index (Phi) is 2.98. The van der Waals surface area contributed by atoms with E-state index in [0.717, 1.165) is 0 Å². The lowest BCUT2D eigenvalue weighted by atomic mass is 9.71. The molecule has 86 valence electrons. The second kappa shape index (κ2) is 4.10. The van der Waals surface area contributed by atoms with Gasteiger partial charge in [0.25, 0.3) is 0 Å². The maximum Gasteiger partial charge on any atom is 0.238 e. The lowest BCUT2D eigenvalue weighted by Gasteiger charge is -2.40. The van der Waals surface area contributed by atoms with Crippen LogP contribution in [0.4, 0.5) is 0 Å². The molecule has 0 aromatic rings. The molecule has 15 heavy (non-hydrogen) atoms. The summed E-state index contributed by atoms with van der Waals surface area (Å²) in [6.45, 7) is 2.91. The predicted octanol–water partition coefficient (Wildman–Crippen LogP) is 0.664. The van der Waals surface area contributed by atoms with E-state index in [0.29, 0.717) is 25.3 Å². The highest BCUT2D eigenvalue weighted by Gasteiger charge is 2.46. The van der Waals surface area contributed by atoms with Crippen LogP contribution in [-0.2, 0) is 4.79 Å². The van der Waals surface area contributed by atoms with Gasteiger partial charge >= 0.3 is 0 Å². The van der Waals surface area contributed by atoms with Crippen molar-refractivity contribution in [3.05, 3.63) is 0 Å². The van der Waals surface area contributed by atoms with Crippen LogP contribution in [0, 0.1) is 5.92 Å². The van der Waals surface area contributed by atoms with E-state index in [4.69, 9.17) is 5.11 Å². The third kappa shape index (κ3) is 2.01. The molecule has 4 nitrogen and oxygen atoms in total. The summed E-state index contributed by atoms with van der Waals surface area (Å²) in [4.78, 5) is 11.7. The Bertz CT molecular complexity index is 253. The highest BCUT2D eigenvalue weighted by Crippen LogP contribution is 2.40. The fraction of sp³-hybridized carbons (Fsp3) is 0.909. The second-order valence-electron chi connectivity index (χ2n) is 4.96. The van der Waals surface area contributed by atoms with Gasteiger partial charge in [-0.15, -0.1) is 0 Å². The molecule has 2 aliphatic rings. The first-order chi connectivity index (χ1) is 7.15. The highest BCUT2D eigenvalue weighted by molar-refractivity contribution is 5.79. The van der Waals surface area contributed by atoms with Gasteiger partial charge in [-0.2, -0.15) is 0 Å². The van der Waals surface area contributed by atoms with Crippen LogP contribution in [-0.4, -0.2) is 34.7 Å². The van der Waals surface area contributed by atoms with Crippen molar-refractivity contribution in [1.29, 1.82) is 0 Å². The van der Waals surface area contributed by atoms with E-state index in [1.165, 1.54) is 19.3 Å². The summed E-state index contributed by atoms with van der Waals surface area (Å²) in [5, 5.41) is 10.4. The number of carbonyl (C=O) groups is 1. The van der Waals surface area contributed by atoms with Crippen LogP contribution < -0.4 is 5.43 Å². The van der Waals surface area contributed by atoms with Crippen LogP contribution in [0.3, 0.4) is 0 Å². The van der Waals surface area contributed by atoms with Crippen LogP contribution in [0.25, 0.3) is 0 Å². The van der Waals surface area contributed by atoms with Crippen molar-refractivity contribution >= 4 is 5.91 Å². The van der Waals surface area contributed by atoms with Gasteiger partial charge in [0.2, 0.25) is 5.91 Å². The predicted molar refractivity (Wildman–Crippen MR) is 56.9 cm³/mol. The molecule has 1 atom stereocenters. The van der Waals surface area contributed by atoms with E-state index in [2.05, 4.69) is 12.3 Å². The molecule has 0 aromatic heterocycles. The van der Waals surface area contributed by atoms with Gasteiger partial charge in [0, 0.05) is 25.1 Å². The molecule has 1 unspecified atom stereocenters. The zero-order chi connectivity index (χ0) is 10.9. The van der Waals surface area contributed by atoms with Gasteiger partial charge in [-0.3, -0.25) is 9.80 Å². The maximum absolute atomic E-state index is 11.7. The minimum atomic E-state index is -0.0230. The summed E-state index contributed by atoms with van der Waals surface area (Å²) >= 11 is 0. The van der Waals surface area contributed by atoms with Gasteiger partial charge in [0.1, 0.15) is 0 Å². The molecule has 1 aliphatic carbocycles. The zero-order valence-electron chi connectivity index (χ0n) is 9.33. The van der Waals surface area contributed by atoms with Gasteiger partial charge in [-0.25, -0.2) is 5.43 Å². The molecule has 1 amide bonds. The maximum atomic E-state index is 11.7. The summed E-state index contributed by atoms with van der Waals surface area (Å²) in [5.41, 5.74) is 3.30. The van der Waals surface area contributed by atoms with Crippen molar-refractivity contribution in [3.63, 3.8) is 0 Å². The number of nitrogens with zero attached hydrogens (tertiary/aromatic N) is 1. The van der Waals surface area contributed by atoms with Gasteiger partial charge in [-0.05, 0) is 32.1 Å².